The highest BCUT2D eigenvalue weighted by atomic mass is 16.4. The molecule has 1 atom stereocenters. The molecule has 0 aromatic rings. The van der Waals surface area contributed by atoms with Crippen molar-refractivity contribution in [1.82, 2.24) is 4.90 Å². The van der Waals surface area contributed by atoms with Gasteiger partial charge in [0.2, 0.25) is 0 Å². The highest BCUT2D eigenvalue weighted by Crippen LogP contribution is 2.26. The van der Waals surface area contributed by atoms with Gasteiger partial charge in [-0.2, -0.15) is 0 Å². The summed E-state index contributed by atoms with van der Waals surface area (Å²) in [4.78, 5) is 12.1. The van der Waals surface area contributed by atoms with Gasteiger partial charge in [0.15, 0.2) is 0 Å². The van der Waals surface area contributed by atoms with Crippen molar-refractivity contribution in [3.05, 3.63) is 0 Å². The zero-order chi connectivity index (χ0) is 10.1. The van der Waals surface area contributed by atoms with Crippen LogP contribution in [0.25, 0.3) is 0 Å². The third-order valence-corrected chi connectivity index (χ3v) is 2.69. The van der Waals surface area contributed by atoms with Crippen molar-refractivity contribution in [1.29, 1.82) is 0 Å². The molecule has 0 aliphatic carbocycles. The number of likely N-dealkylation sites (tertiary alicyclic amines) is 1. The summed E-state index contributed by atoms with van der Waals surface area (Å²) in [6.45, 7) is 4.53. The highest BCUT2D eigenvalue weighted by molar-refractivity contribution is 5.65. The van der Waals surface area contributed by atoms with Gasteiger partial charge in [-0.25, -0.2) is 4.79 Å². The van der Waals surface area contributed by atoms with Crippen molar-refractivity contribution in [3.63, 3.8) is 0 Å². The minimum Gasteiger partial charge on any atom is -0.465 e. The molecule has 1 saturated heterocycles. The van der Waals surface area contributed by atoms with Crippen molar-refractivity contribution in [2.75, 3.05) is 13.1 Å². The van der Waals surface area contributed by atoms with Gasteiger partial charge in [-0.15, -0.1) is 0 Å². The predicted octanol–water partition coefficient (Wildman–Crippen LogP) is 1.15. The number of hydrogen-bond donors (Lipinski definition) is 2. The van der Waals surface area contributed by atoms with Crippen LogP contribution in [0.3, 0.4) is 0 Å². The Labute approximate surface area is 78.2 Å². The van der Waals surface area contributed by atoms with Gasteiger partial charge in [-0.3, -0.25) is 0 Å². The lowest BCUT2D eigenvalue weighted by atomic mass is 9.84. The van der Waals surface area contributed by atoms with E-state index in [-0.39, 0.29) is 5.92 Å². The minimum absolute atomic E-state index is 0.0670. The average Bonchev–Trinajstić information content (AvgIpc) is 2.03. The van der Waals surface area contributed by atoms with Gasteiger partial charge >= 0.3 is 6.09 Å². The Morgan fingerprint density at radius 3 is 2.62 bits per heavy atom. The standard InChI is InChI=1S/C9H17NO3/c1-9(2,13)7-4-3-5-10(6-7)8(11)12/h7,13H,3-6H2,1-2H3,(H,11,12). The molecule has 13 heavy (non-hydrogen) atoms. The molecule has 2 N–H and O–H groups in total. The van der Waals surface area contributed by atoms with Crippen molar-refractivity contribution >= 4 is 6.09 Å². The maximum atomic E-state index is 10.7. The van der Waals surface area contributed by atoms with Crippen LogP contribution in [0, 0.1) is 5.92 Å². The number of aliphatic hydroxyl groups is 1. The second-order valence-electron chi connectivity index (χ2n) is 4.22. The van der Waals surface area contributed by atoms with Crippen LogP contribution in [0.1, 0.15) is 26.7 Å². The van der Waals surface area contributed by atoms with E-state index in [1.807, 2.05) is 0 Å². The molecule has 0 aromatic heterocycles. The molecule has 0 spiro atoms. The topological polar surface area (TPSA) is 60.8 Å². The molecule has 4 heteroatoms. The molecule has 0 saturated carbocycles. The van der Waals surface area contributed by atoms with E-state index in [0.29, 0.717) is 13.1 Å². The van der Waals surface area contributed by atoms with E-state index in [9.17, 15) is 9.90 Å². The van der Waals surface area contributed by atoms with Crippen LogP contribution in [0.15, 0.2) is 0 Å². The van der Waals surface area contributed by atoms with E-state index in [1.54, 1.807) is 13.8 Å². The third-order valence-electron chi connectivity index (χ3n) is 2.69. The SMILES string of the molecule is CC(C)(O)C1CCCN(C(=O)O)C1. The van der Waals surface area contributed by atoms with Crippen molar-refractivity contribution < 1.29 is 15.0 Å². The lowest BCUT2D eigenvalue weighted by Crippen LogP contribution is -2.46. The Morgan fingerprint density at radius 1 is 1.54 bits per heavy atom. The summed E-state index contributed by atoms with van der Waals surface area (Å²) in [5, 5.41) is 18.5. The fourth-order valence-corrected chi connectivity index (χ4v) is 1.73. The molecular weight excluding hydrogens is 170 g/mol. The molecule has 1 amide bonds. The number of carboxylic acid groups (broad SMARTS) is 1. The van der Waals surface area contributed by atoms with Crippen molar-refractivity contribution in [2.24, 2.45) is 5.92 Å². The molecule has 1 unspecified atom stereocenters. The van der Waals surface area contributed by atoms with Crippen LogP contribution >= 0.6 is 0 Å². The molecule has 1 rings (SSSR count). The van der Waals surface area contributed by atoms with Gasteiger partial charge in [-0.1, -0.05) is 0 Å². The summed E-state index contributed by atoms with van der Waals surface area (Å²) in [5.74, 6) is 0.0670. The fraction of sp³-hybridized carbons (Fsp3) is 0.889. The lowest BCUT2D eigenvalue weighted by molar-refractivity contribution is -0.0145. The maximum absolute atomic E-state index is 10.7. The van der Waals surface area contributed by atoms with Crippen LogP contribution in [0.4, 0.5) is 4.79 Å². The van der Waals surface area contributed by atoms with Gasteiger partial charge in [0.25, 0.3) is 0 Å². The number of carbonyl (C=O) groups is 1. The molecule has 1 aliphatic rings. The summed E-state index contributed by atoms with van der Waals surface area (Å²) in [7, 11) is 0. The van der Waals surface area contributed by atoms with Gasteiger partial charge in [-0.05, 0) is 26.7 Å². The molecule has 76 valence electrons. The molecule has 4 nitrogen and oxygen atoms in total. The third kappa shape index (κ3) is 2.59. The molecule has 1 heterocycles. The number of rotatable bonds is 1. The quantitative estimate of drug-likeness (QED) is 0.647. The molecule has 1 fully saturated rings. The first-order valence-corrected chi connectivity index (χ1v) is 4.61. The van der Waals surface area contributed by atoms with Gasteiger partial charge in [0.1, 0.15) is 0 Å². The Hall–Kier alpha value is -0.770. The summed E-state index contributed by atoms with van der Waals surface area (Å²) >= 11 is 0. The molecule has 0 bridgehead atoms. The second-order valence-corrected chi connectivity index (χ2v) is 4.22. The zero-order valence-electron chi connectivity index (χ0n) is 8.16. The van der Waals surface area contributed by atoms with E-state index >= 15 is 0 Å². The van der Waals surface area contributed by atoms with Gasteiger partial charge < -0.3 is 15.1 Å². The first-order valence-electron chi connectivity index (χ1n) is 4.61. The maximum Gasteiger partial charge on any atom is 0.407 e. The number of piperidine rings is 1. The average molecular weight is 187 g/mol. The summed E-state index contributed by atoms with van der Waals surface area (Å²) < 4.78 is 0. The summed E-state index contributed by atoms with van der Waals surface area (Å²) in [5.41, 5.74) is -0.770. The molecule has 0 radical (unpaired) electrons. The summed E-state index contributed by atoms with van der Waals surface area (Å²) in [6, 6.07) is 0. The Kier molecular flexibility index (Phi) is 2.81. The highest BCUT2D eigenvalue weighted by Gasteiger charge is 2.32. The van der Waals surface area contributed by atoms with E-state index in [4.69, 9.17) is 5.11 Å². The van der Waals surface area contributed by atoms with E-state index in [2.05, 4.69) is 0 Å². The van der Waals surface area contributed by atoms with Crippen LogP contribution in [0.5, 0.6) is 0 Å². The number of hydrogen-bond acceptors (Lipinski definition) is 2. The normalized spacial score (nSPS) is 24.5. The Morgan fingerprint density at radius 2 is 2.15 bits per heavy atom. The zero-order valence-corrected chi connectivity index (χ0v) is 8.16. The smallest absolute Gasteiger partial charge is 0.407 e. The molecule has 1 aliphatic heterocycles. The number of nitrogens with zero attached hydrogens (tertiary/aromatic N) is 1. The van der Waals surface area contributed by atoms with E-state index in [0.717, 1.165) is 12.8 Å². The van der Waals surface area contributed by atoms with Gasteiger partial charge in [0, 0.05) is 19.0 Å². The van der Waals surface area contributed by atoms with Crippen molar-refractivity contribution in [3.8, 4) is 0 Å². The van der Waals surface area contributed by atoms with Crippen LogP contribution < -0.4 is 0 Å². The molecular formula is C9H17NO3. The predicted molar refractivity (Wildman–Crippen MR) is 48.6 cm³/mol. The first kappa shape index (κ1) is 10.3. The minimum atomic E-state index is -0.881. The Bertz CT molecular complexity index is 198. The van der Waals surface area contributed by atoms with Gasteiger partial charge in [0.05, 0.1) is 5.60 Å². The van der Waals surface area contributed by atoms with E-state index < -0.39 is 11.7 Å². The van der Waals surface area contributed by atoms with Crippen molar-refractivity contribution in [2.45, 2.75) is 32.3 Å². The fourth-order valence-electron chi connectivity index (χ4n) is 1.73. The number of amides is 1. The largest absolute Gasteiger partial charge is 0.465 e. The second kappa shape index (κ2) is 3.54. The van der Waals surface area contributed by atoms with Crippen LogP contribution in [-0.4, -0.2) is 39.9 Å². The Balaban J connectivity index is 2.57. The lowest BCUT2D eigenvalue weighted by Gasteiger charge is -2.37. The van der Waals surface area contributed by atoms with E-state index in [1.165, 1.54) is 4.90 Å². The monoisotopic (exact) mass is 187 g/mol. The summed E-state index contributed by atoms with van der Waals surface area (Å²) in [6.07, 6.45) is 0.878. The van der Waals surface area contributed by atoms with Crippen LogP contribution in [-0.2, 0) is 0 Å². The van der Waals surface area contributed by atoms with Crippen LogP contribution in [0.2, 0.25) is 0 Å². The first-order chi connectivity index (χ1) is 5.91. The molecule has 0 aromatic carbocycles.